The van der Waals surface area contributed by atoms with Crippen LogP contribution in [0.25, 0.3) is 0 Å². The molecule has 0 unspecified atom stereocenters. The Morgan fingerprint density at radius 2 is 2.10 bits per heavy atom. The summed E-state index contributed by atoms with van der Waals surface area (Å²) in [6.07, 6.45) is 2.65. The van der Waals surface area contributed by atoms with Crippen LogP contribution in [0.2, 0.25) is 0 Å². The number of carbonyl (C=O) groups excluding carboxylic acids is 1. The predicted octanol–water partition coefficient (Wildman–Crippen LogP) is 1.76. The van der Waals surface area contributed by atoms with Crippen LogP contribution in [0.15, 0.2) is 36.6 Å². The lowest BCUT2D eigenvalue weighted by atomic mass is 10.1. The topological polar surface area (TPSA) is 37.3 Å². The summed E-state index contributed by atoms with van der Waals surface area (Å²) in [6.45, 7) is 8.00. The molecular formula is C8H10O2. The minimum Gasteiger partial charge on any atom is -0.509 e. The van der Waals surface area contributed by atoms with Gasteiger partial charge in [-0.05, 0) is 13.0 Å². The van der Waals surface area contributed by atoms with Crippen LogP contribution in [0.3, 0.4) is 0 Å². The van der Waals surface area contributed by atoms with Crippen LogP contribution in [0, 0.1) is 0 Å². The zero-order valence-corrected chi connectivity index (χ0v) is 5.92. The second-order valence-corrected chi connectivity index (χ2v) is 1.85. The normalized spacial score (nSPS) is 10.7. The Morgan fingerprint density at radius 3 is 2.20 bits per heavy atom. The molecule has 10 heavy (non-hydrogen) atoms. The van der Waals surface area contributed by atoms with Gasteiger partial charge in [0.25, 0.3) is 0 Å². The second kappa shape index (κ2) is 3.67. The Bertz CT molecular complexity index is 199. The van der Waals surface area contributed by atoms with Gasteiger partial charge in [0, 0.05) is 5.57 Å². The van der Waals surface area contributed by atoms with E-state index in [4.69, 9.17) is 5.11 Å². The highest BCUT2D eigenvalue weighted by Crippen LogP contribution is 2.00. The molecule has 0 saturated heterocycles. The van der Waals surface area contributed by atoms with E-state index in [2.05, 4.69) is 13.2 Å². The SMILES string of the molecule is C=C/C(=C\C(=C)O)C(C)=O. The van der Waals surface area contributed by atoms with E-state index < -0.39 is 0 Å². The molecule has 0 bridgehead atoms. The van der Waals surface area contributed by atoms with Crippen LogP contribution in [0.1, 0.15) is 6.92 Å². The third kappa shape index (κ3) is 2.87. The highest BCUT2D eigenvalue weighted by molar-refractivity contribution is 5.96. The molecule has 2 heteroatoms. The average Bonchev–Trinajstić information content (AvgIpc) is 1.81. The van der Waals surface area contributed by atoms with Crippen molar-refractivity contribution in [1.29, 1.82) is 0 Å². The first kappa shape index (κ1) is 8.69. The number of hydrogen-bond donors (Lipinski definition) is 1. The smallest absolute Gasteiger partial charge is 0.159 e. The summed E-state index contributed by atoms with van der Waals surface area (Å²) >= 11 is 0. The summed E-state index contributed by atoms with van der Waals surface area (Å²) in [5.74, 6) is -0.268. The van der Waals surface area contributed by atoms with Crippen LogP contribution in [-0.4, -0.2) is 10.9 Å². The number of aliphatic hydroxyl groups excluding tert-OH is 1. The van der Waals surface area contributed by atoms with Gasteiger partial charge in [-0.3, -0.25) is 4.79 Å². The summed E-state index contributed by atoms with van der Waals surface area (Å²) in [4.78, 5) is 10.6. The molecule has 0 aliphatic rings. The fourth-order valence-corrected chi connectivity index (χ4v) is 0.484. The van der Waals surface area contributed by atoms with Gasteiger partial charge >= 0.3 is 0 Å². The van der Waals surface area contributed by atoms with Gasteiger partial charge in [0.2, 0.25) is 0 Å². The molecule has 0 rings (SSSR count). The van der Waals surface area contributed by atoms with E-state index in [1.165, 1.54) is 19.1 Å². The Labute approximate surface area is 60.2 Å². The van der Waals surface area contributed by atoms with Crippen LogP contribution >= 0.6 is 0 Å². The maximum Gasteiger partial charge on any atom is 0.159 e. The van der Waals surface area contributed by atoms with Gasteiger partial charge in [-0.25, -0.2) is 0 Å². The van der Waals surface area contributed by atoms with Gasteiger partial charge < -0.3 is 5.11 Å². The third-order valence-electron chi connectivity index (χ3n) is 0.949. The first-order chi connectivity index (χ1) is 4.57. The van der Waals surface area contributed by atoms with Crippen molar-refractivity contribution in [3.8, 4) is 0 Å². The summed E-state index contributed by atoms with van der Waals surface area (Å²) in [5, 5.41) is 8.63. The van der Waals surface area contributed by atoms with Crippen molar-refractivity contribution in [2.24, 2.45) is 0 Å². The van der Waals surface area contributed by atoms with Gasteiger partial charge in [-0.1, -0.05) is 19.2 Å². The van der Waals surface area contributed by atoms with E-state index >= 15 is 0 Å². The second-order valence-electron chi connectivity index (χ2n) is 1.85. The predicted molar refractivity (Wildman–Crippen MR) is 40.7 cm³/mol. The molecule has 0 aliphatic heterocycles. The summed E-state index contributed by atoms with van der Waals surface area (Å²) in [7, 11) is 0. The number of allylic oxidation sites excluding steroid dienone is 3. The first-order valence-electron chi connectivity index (χ1n) is 2.81. The zero-order chi connectivity index (χ0) is 8.15. The molecule has 1 N–H and O–H groups in total. The maximum absolute atomic E-state index is 10.6. The quantitative estimate of drug-likeness (QED) is 0.366. The summed E-state index contributed by atoms with van der Waals surface area (Å²) in [5.41, 5.74) is 0.368. The van der Waals surface area contributed by atoms with E-state index in [1.54, 1.807) is 0 Å². The van der Waals surface area contributed by atoms with Crippen molar-refractivity contribution in [2.75, 3.05) is 0 Å². The lowest BCUT2D eigenvalue weighted by Gasteiger charge is -1.92. The Hall–Kier alpha value is -1.31. The number of aliphatic hydroxyl groups is 1. The fraction of sp³-hybridized carbons (Fsp3) is 0.125. The molecular weight excluding hydrogens is 128 g/mol. The number of ketones is 1. The van der Waals surface area contributed by atoms with Gasteiger partial charge in [-0.15, -0.1) is 0 Å². The monoisotopic (exact) mass is 138 g/mol. The molecule has 0 aromatic carbocycles. The number of rotatable bonds is 3. The largest absolute Gasteiger partial charge is 0.509 e. The number of Topliss-reactive ketones (excluding diaryl/α,β-unsaturated/α-hetero) is 1. The summed E-state index contributed by atoms with van der Waals surface area (Å²) < 4.78 is 0. The molecule has 54 valence electrons. The van der Waals surface area contributed by atoms with E-state index in [0.29, 0.717) is 5.57 Å². The number of hydrogen-bond acceptors (Lipinski definition) is 2. The van der Waals surface area contributed by atoms with E-state index in [-0.39, 0.29) is 11.5 Å². The minimum atomic E-state index is -0.134. The molecule has 0 spiro atoms. The first-order valence-corrected chi connectivity index (χ1v) is 2.81. The van der Waals surface area contributed by atoms with E-state index in [0.717, 1.165) is 0 Å². The van der Waals surface area contributed by atoms with Crippen LogP contribution in [0.5, 0.6) is 0 Å². The number of carbonyl (C=O) groups is 1. The van der Waals surface area contributed by atoms with Gasteiger partial charge in [-0.2, -0.15) is 0 Å². The molecule has 0 heterocycles. The molecule has 0 aliphatic carbocycles. The lowest BCUT2D eigenvalue weighted by molar-refractivity contribution is -0.113. The minimum absolute atomic E-state index is 0.134. The zero-order valence-electron chi connectivity index (χ0n) is 5.92. The van der Waals surface area contributed by atoms with Crippen molar-refractivity contribution >= 4 is 5.78 Å². The molecule has 0 radical (unpaired) electrons. The highest BCUT2D eigenvalue weighted by Gasteiger charge is 1.96. The molecule has 0 fully saturated rings. The molecule has 0 aromatic heterocycles. The van der Waals surface area contributed by atoms with E-state index in [9.17, 15) is 4.79 Å². The molecule has 2 nitrogen and oxygen atoms in total. The molecule has 0 aromatic rings. The van der Waals surface area contributed by atoms with Crippen molar-refractivity contribution < 1.29 is 9.90 Å². The fourth-order valence-electron chi connectivity index (χ4n) is 0.484. The standard InChI is InChI=1S/C8H10O2/c1-4-8(7(3)10)5-6(2)9/h4-5,9H,1-2H2,3H3/b8-5+. The maximum atomic E-state index is 10.6. The highest BCUT2D eigenvalue weighted by atomic mass is 16.3. The van der Waals surface area contributed by atoms with Crippen LogP contribution in [0.4, 0.5) is 0 Å². The molecule has 0 amide bonds. The Kier molecular flexibility index (Phi) is 3.19. The van der Waals surface area contributed by atoms with Crippen molar-refractivity contribution in [2.45, 2.75) is 6.92 Å². The van der Waals surface area contributed by atoms with Crippen LogP contribution < -0.4 is 0 Å². The van der Waals surface area contributed by atoms with E-state index in [1.807, 2.05) is 0 Å². The van der Waals surface area contributed by atoms with Gasteiger partial charge in [0.1, 0.15) is 5.76 Å². The summed E-state index contributed by atoms with van der Waals surface area (Å²) in [6, 6.07) is 0. The third-order valence-corrected chi connectivity index (χ3v) is 0.949. The lowest BCUT2D eigenvalue weighted by Crippen LogP contribution is -1.92. The molecule has 0 atom stereocenters. The van der Waals surface area contributed by atoms with Crippen LogP contribution in [-0.2, 0) is 4.79 Å². The van der Waals surface area contributed by atoms with Gasteiger partial charge in [0.05, 0.1) is 0 Å². The Balaban J connectivity index is 4.49. The van der Waals surface area contributed by atoms with Gasteiger partial charge in [0.15, 0.2) is 5.78 Å². The van der Waals surface area contributed by atoms with Crippen molar-refractivity contribution in [3.63, 3.8) is 0 Å². The van der Waals surface area contributed by atoms with Crippen molar-refractivity contribution in [1.82, 2.24) is 0 Å². The molecule has 0 saturated carbocycles. The average molecular weight is 138 g/mol. The van der Waals surface area contributed by atoms with Crippen molar-refractivity contribution in [3.05, 3.63) is 36.6 Å². The Morgan fingerprint density at radius 1 is 1.60 bits per heavy atom.